The van der Waals surface area contributed by atoms with E-state index in [-0.39, 0.29) is 0 Å². The van der Waals surface area contributed by atoms with Crippen molar-refractivity contribution in [3.8, 4) is 0 Å². The number of hydrogen-bond acceptors (Lipinski definition) is 2. The zero-order chi connectivity index (χ0) is 12.4. The first-order chi connectivity index (χ1) is 8.88. The fourth-order valence-corrected chi connectivity index (χ4v) is 3.81. The van der Waals surface area contributed by atoms with E-state index in [4.69, 9.17) is 5.73 Å². The summed E-state index contributed by atoms with van der Waals surface area (Å²) in [4.78, 5) is 2.66. The standard InChI is InChI=1S/C16H24N2/c17-12-13-5-3-8-15(11-13)18-10-4-7-14-6-1-2-9-16(14)18/h3,5,8,11,14,16H,1-2,4,6-7,9-10,12,17H2. The monoisotopic (exact) mass is 244 g/mol. The lowest BCUT2D eigenvalue weighted by atomic mass is 9.78. The molecule has 1 saturated heterocycles. The molecule has 1 aromatic rings. The Bertz CT molecular complexity index is 400. The molecule has 0 aromatic heterocycles. The van der Waals surface area contributed by atoms with Gasteiger partial charge in [0.2, 0.25) is 0 Å². The third-order valence-corrected chi connectivity index (χ3v) is 4.72. The molecule has 1 aromatic carbocycles. The number of fused-ring (bicyclic) bond motifs is 1. The van der Waals surface area contributed by atoms with Gasteiger partial charge in [0.1, 0.15) is 0 Å². The van der Waals surface area contributed by atoms with Gasteiger partial charge < -0.3 is 10.6 Å². The van der Waals surface area contributed by atoms with E-state index in [0.717, 1.165) is 12.0 Å². The molecule has 3 rings (SSSR count). The Morgan fingerprint density at radius 3 is 2.83 bits per heavy atom. The molecule has 2 atom stereocenters. The number of benzene rings is 1. The summed E-state index contributed by atoms with van der Waals surface area (Å²) in [6, 6.07) is 9.63. The van der Waals surface area contributed by atoms with Crippen LogP contribution in [0.4, 0.5) is 5.69 Å². The Morgan fingerprint density at radius 1 is 1.11 bits per heavy atom. The highest BCUT2D eigenvalue weighted by Crippen LogP contribution is 2.37. The van der Waals surface area contributed by atoms with Crippen LogP contribution < -0.4 is 10.6 Å². The molecule has 1 saturated carbocycles. The summed E-state index contributed by atoms with van der Waals surface area (Å²) in [5.74, 6) is 0.939. The van der Waals surface area contributed by atoms with E-state index in [1.165, 1.54) is 56.3 Å². The number of piperidine rings is 1. The number of hydrogen-bond donors (Lipinski definition) is 1. The lowest BCUT2D eigenvalue weighted by molar-refractivity contribution is 0.244. The van der Waals surface area contributed by atoms with E-state index in [2.05, 4.69) is 29.2 Å². The van der Waals surface area contributed by atoms with Crippen LogP contribution >= 0.6 is 0 Å². The molecule has 0 bridgehead atoms. The van der Waals surface area contributed by atoms with Gasteiger partial charge in [-0.15, -0.1) is 0 Å². The Balaban J connectivity index is 1.84. The van der Waals surface area contributed by atoms with Gasteiger partial charge in [0.15, 0.2) is 0 Å². The molecule has 0 amide bonds. The van der Waals surface area contributed by atoms with E-state index in [9.17, 15) is 0 Å². The molecule has 98 valence electrons. The SMILES string of the molecule is NCc1cccc(N2CCCC3CCCCC32)c1. The van der Waals surface area contributed by atoms with Gasteiger partial charge in [-0.05, 0) is 49.3 Å². The second kappa shape index (κ2) is 5.31. The third-order valence-electron chi connectivity index (χ3n) is 4.72. The normalized spacial score (nSPS) is 27.9. The van der Waals surface area contributed by atoms with Gasteiger partial charge in [-0.1, -0.05) is 25.0 Å². The Kier molecular flexibility index (Phi) is 3.55. The van der Waals surface area contributed by atoms with Crippen LogP contribution in [0.15, 0.2) is 24.3 Å². The second-order valence-electron chi connectivity index (χ2n) is 5.82. The van der Waals surface area contributed by atoms with Crippen molar-refractivity contribution in [2.75, 3.05) is 11.4 Å². The van der Waals surface area contributed by atoms with Crippen LogP contribution in [0.3, 0.4) is 0 Å². The minimum absolute atomic E-state index is 0.649. The minimum atomic E-state index is 0.649. The van der Waals surface area contributed by atoms with E-state index in [0.29, 0.717) is 6.54 Å². The minimum Gasteiger partial charge on any atom is -0.368 e. The quantitative estimate of drug-likeness (QED) is 0.865. The molecule has 2 unspecified atom stereocenters. The van der Waals surface area contributed by atoms with Crippen molar-refractivity contribution in [1.82, 2.24) is 0 Å². The maximum Gasteiger partial charge on any atom is 0.0372 e. The van der Waals surface area contributed by atoms with Crippen LogP contribution in [0.25, 0.3) is 0 Å². The summed E-state index contributed by atoms with van der Waals surface area (Å²) in [5.41, 5.74) is 8.41. The summed E-state index contributed by atoms with van der Waals surface area (Å²) in [6.07, 6.45) is 8.48. The summed E-state index contributed by atoms with van der Waals surface area (Å²) in [6.45, 7) is 1.88. The number of rotatable bonds is 2. The largest absolute Gasteiger partial charge is 0.368 e. The Labute approximate surface area is 110 Å². The van der Waals surface area contributed by atoms with Gasteiger partial charge in [0.25, 0.3) is 0 Å². The molecular weight excluding hydrogens is 220 g/mol. The van der Waals surface area contributed by atoms with Gasteiger partial charge in [0.05, 0.1) is 0 Å². The molecule has 2 aliphatic rings. The van der Waals surface area contributed by atoms with E-state index in [1.807, 2.05) is 0 Å². The number of nitrogens with zero attached hydrogens (tertiary/aromatic N) is 1. The van der Waals surface area contributed by atoms with Crippen LogP contribution in [-0.2, 0) is 6.54 Å². The molecule has 0 spiro atoms. The predicted molar refractivity (Wildman–Crippen MR) is 76.7 cm³/mol. The molecule has 0 radical (unpaired) electrons. The number of anilines is 1. The lowest BCUT2D eigenvalue weighted by Crippen LogP contribution is -2.46. The average molecular weight is 244 g/mol. The molecule has 2 nitrogen and oxygen atoms in total. The van der Waals surface area contributed by atoms with Gasteiger partial charge in [0, 0.05) is 24.8 Å². The highest BCUT2D eigenvalue weighted by Gasteiger charge is 2.33. The molecule has 1 aliphatic carbocycles. The molecule has 2 fully saturated rings. The van der Waals surface area contributed by atoms with Gasteiger partial charge in [-0.3, -0.25) is 0 Å². The molecule has 2 N–H and O–H groups in total. The summed E-state index contributed by atoms with van der Waals surface area (Å²) in [7, 11) is 0. The van der Waals surface area contributed by atoms with Crippen molar-refractivity contribution in [3.63, 3.8) is 0 Å². The third kappa shape index (κ3) is 2.26. The Morgan fingerprint density at radius 2 is 1.94 bits per heavy atom. The van der Waals surface area contributed by atoms with E-state index in [1.54, 1.807) is 0 Å². The first kappa shape index (κ1) is 12.0. The van der Waals surface area contributed by atoms with Gasteiger partial charge in [-0.25, -0.2) is 0 Å². The van der Waals surface area contributed by atoms with E-state index < -0.39 is 0 Å². The van der Waals surface area contributed by atoms with Crippen molar-refractivity contribution in [1.29, 1.82) is 0 Å². The fraction of sp³-hybridized carbons (Fsp3) is 0.625. The molecule has 2 heteroatoms. The summed E-state index contributed by atoms with van der Waals surface area (Å²) >= 11 is 0. The summed E-state index contributed by atoms with van der Waals surface area (Å²) < 4.78 is 0. The maximum atomic E-state index is 5.76. The van der Waals surface area contributed by atoms with Crippen LogP contribution in [0.2, 0.25) is 0 Å². The number of nitrogens with two attached hydrogens (primary N) is 1. The predicted octanol–water partition coefficient (Wildman–Crippen LogP) is 3.30. The first-order valence-corrected chi connectivity index (χ1v) is 7.44. The van der Waals surface area contributed by atoms with Gasteiger partial charge >= 0.3 is 0 Å². The molecule has 1 heterocycles. The zero-order valence-corrected chi connectivity index (χ0v) is 11.1. The Hall–Kier alpha value is -1.02. The van der Waals surface area contributed by atoms with Crippen LogP contribution in [-0.4, -0.2) is 12.6 Å². The topological polar surface area (TPSA) is 29.3 Å². The lowest BCUT2D eigenvalue weighted by Gasteiger charge is -2.45. The van der Waals surface area contributed by atoms with E-state index >= 15 is 0 Å². The summed E-state index contributed by atoms with van der Waals surface area (Å²) in [5, 5.41) is 0. The first-order valence-electron chi connectivity index (χ1n) is 7.44. The fourth-order valence-electron chi connectivity index (χ4n) is 3.81. The molecular formula is C16H24N2. The van der Waals surface area contributed by atoms with Crippen LogP contribution in [0.1, 0.15) is 44.1 Å². The van der Waals surface area contributed by atoms with Crippen LogP contribution in [0.5, 0.6) is 0 Å². The highest BCUT2D eigenvalue weighted by molar-refractivity contribution is 5.50. The van der Waals surface area contributed by atoms with Gasteiger partial charge in [-0.2, -0.15) is 0 Å². The van der Waals surface area contributed by atoms with Crippen molar-refractivity contribution in [2.45, 2.75) is 51.1 Å². The smallest absolute Gasteiger partial charge is 0.0372 e. The maximum absolute atomic E-state index is 5.76. The van der Waals surface area contributed by atoms with Crippen molar-refractivity contribution >= 4 is 5.69 Å². The highest BCUT2D eigenvalue weighted by atomic mass is 15.2. The molecule has 1 aliphatic heterocycles. The van der Waals surface area contributed by atoms with Crippen LogP contribution in [0, 0.1) is 5.92 Å². The van der Waals surface area contributed by atoms with Crippen molar-refractivity contribution in [2.24, 2.45) is 11.7 Å². The second-order valence-corrected chi connectivity index (χ2v) is 5.82. The zero-order valence-electron chi connectivity index (χ0n) is 11.1. The van der Waals surface area contributed by atoms with Crippen molar-refractivity contribution in [3.05, 3.63) is 29.8 Å². The average Bonchev–Trinajstić information content (AvgIpc) is 2.47. The molecule has 18 heavy (non-hydrogen) atoms. The van der Waals surface area contributed by atoms with Crippen molar-refractivity contribution < 1.29 is 0 Å².